The van der Waals surface area contributed by atoms with E-state index in [0.29, 0.717) is 12.8 Å². The maximum Gasteiger partial charge on any atom is 0.142 e. The van der Waals surface area contributed by atoms with Crippen molar-refractivity contribution in [2.75, 3.05) is 0 Å². The highest BCUT2D eigenvalue weighted by atomic mass is 32.1. The van der Waals surface area contributed by atoms with Crippen molar-refractivity contribution in [2.45, 2.75) is 40.0 Å². The van der Waals surface area contributed by atoms with Crippen molar-refractivity contribution in [3.05, 3.63) is 38.8 Å². The number of hydrogen-bond acceptors (Lipinski definition) is 3. The molecule has 0 aliphatic heterocycles. The number of aromatic nitrogens is 2. The van der Waals surface area contributed by atoms with E-state index in [-0.39, 0.29) is 5.78 Å². The Kier molecular flexibility index (Phi) is 4.20. The van der Waals surface area contributed by atoms with Crippen LogP contribution in [0.3, 0.4) is 0 Å². The molecular weight excluding hydrogens is 256 g/mol. The molecule has 0 aliphatic carbocycles. The Labute approximate surface area is 118 Å². The van der Waals surface area contributed by atoms with Gasteiger partial charge in [-0.05, 0) is 32.4 Å². The number of ketones is 1. The van der Waals surface area contributed by atoms with Crippen molar-refractivity contribution >= 4 is 17.1 Å². The summed E-state index contributed by atoms with van der Waals surface area (Å²) < 4.78 is 1.85. The number of rotatable bonds is 5. The molecular formula is C15H20N2OS. The van der Waals surface area contributed by atoms with Crippen LogP contribution in [0.15, 0.2) is 12.1 Å². The molecule has 2 heterocycles. The fourth-order valence-electron chi connectivity index (χ4n) is 2.23. The fraction of sp³-hybridized carbons (Fsp3) is 0.467. The van der Waals surface area contributed by atoms with Gasteiger partial charge in [-0.1, -0.05) is 6.92 Å². The molecule has 2 rings (SSSR count). The van der Waals surface area contributed by atoms with E-state index < -0.39 is 0 Å². The van der Waals surface area contributed by atoms with Crippen LogP contribution in [0.4, 0.5) is 0 Å². The molecule has 102 valence electrons. The molecule has 0 radical (unpaired) electrons. The molecule has 2 aromatic heterocycles. The third-order valence-corrected chi connectivity index (χ3v) is 4.70. The molecule has 0 amide bonds. The lowest BCUT2D eigenvalue weighted by atomic mass is 10.0. The number of thiophene rings is 1. The number of Topliss-reactive ketones (excluding diaryl/α,β-unsaturated/α-hetero) is 1. The van der Waals surface area contributed by atoms with Gasteiger partial charge >= 0.3 is 0 Å². The average molecular weight is 276 g/mol. The smallest absolute Gasteiger partial charge is 0.142 e. The molecule has 0 saturated carbocycles. The lowest BCUT2D eigenvalue weighted by molar-refractivity contribution is -0.117. The molecule has 0 aromatic carbocycles. The van der Waals surface area contributed by atoms with Gasteiger partial charge in [0.25, 0.3) is 0 Å². The zero-order valence-corrected chi connectivity index (χ0v) is 12.8. The van der Waals surface area contributed by atoms with Crippen LogP contribution in [-0.2, 0) is 31.1 Å². The van der Waals surface area contributed by atoms with Gasteiger partial charge < -0.3 is 0 Å². The maximum absolute atomic E-state index is 12.2. The van der Waals surface area contributed by atoms with Crippen LogP contribution in [0.2, 0.25) is 0 Å². The number of hydrogen-bond donors (Lipinski definition) is 0. The molecule has 4 heteroatoms. The van der Waals surface area contributed by atoms with Crippen molar-refractivity contribution in [3.63, 3.8) is 0 Å². The minimum Gasteiger partial charge on any atom is -0.299 e. The van der Waals surface area contributed by atoms with E-state index in [1.54, 1.807) is 11.3 Å². The number of aryl methyl sites for hydroxylation is 3. The summed E-state index contributed by atoms with van der Waals surface area (Å²) in [5.74, 6) is 0.267. The first-order valence-electron chi connectivity index (χ1n) is 6.59. The van der Waals surface area contributed by atoms with Gasteiger partial charge in [-0.3, -0.25) is 9.48 Å². The van der Waals surface area contributed by atoms with E-state index >= 15 is 0 Å². The first kappa shape index (κ1) is 14.0. The van der Waals surface area contributed by atoms with Crippen LogP contribution in [-0.4, -0.2) is 15.6 Å². The molecule has 3 nitrogen and oxygen atoms in total. The zero-order chi connectivity index (χ0) is 14.0. The maximum atomic E-state index is 12.2. The van der Waals surface area contributed by atoms with Gasteiger partial charge in [-0.15, -0.1) is 11.3 Å². The average Bonchev–Trinajstić information content (AvgIpc) is 2.90. The summed E-state index contributed by atoms with van der Waals surface area (Å²) >= 11 is 1.74. The molecule has 0 spiro atoms. The minimum absolute atomic E-state index is 0.267. The number of carbonyl (C=O) groups excluding carboxylic acids is 1. The van der Waals surface area contributed by atoms with E-state index in [9.17, 15) is 4.79 Å². The van der Waals surface area contributed by atoms with Gasteiger partial charge in [-0.25, -0.2) is 0 Å². The first-order valence-corrected chi connectivity index (χ1v) is 7.41. The Morgan fingerprint density at radius 3 is 2.47 bits per heavy atom. The lowest BCUT2D eigenvalue weighted by Gasteiger charge is -2.01. The van der Waals surface area contributed by atoms with Crippen LogP contribution < -0.4 is 0 Å². The third-order valence-electron chi connectivity index (χ3n) is 3.47. The van der Waals surface area contributed by atoms with Crippen molar-refractivity contribution in [1.29, 1.82) is 0 Å². The van der Waals surface area contributed by atoms with Crippen LogP contribution in [0.25, 0.3) is 0 Å². The predicted molar refractivity (Wildman–Crippen MR) is 78.8 cm³/mol. The summed E-state index contributed by atoms with van der Waals surface area (Å²) in [6.07, 6.45) is 2.07. The monoisotopic (exact) mass is 276 g/mol. The van der Waals surface area contributed by atoms with Crippen molar-refractivity contribution in [3.8, 4) is 0 Å². The first-order chi connectivity index (χ1) is 9.01. The summed E-state index contributed by atoms with van der Waals surface area (Å²) in [4.78, 5) is 14.7. The summed E-state index contributed by atoms with van der Waals surface area (Å²) in [5, 5.41) is 4.36. The molecule has 0 N–H and O–H groups in total. The van der Waals surface area contributed by atoms with Crippen molar-refractivity contribution < 1.29 is 4.79 Å². The Balaban J connectivity index is 2.05. The second-order valence-corrected chi connectivity index (χ2v) is 6.14. The van der Waals surface area contributed by atoms with Crippen LogP contribution in [0.1, 0.15) is 33.6 Å². The van der Waals surface area contributed by atoms with Crippen LogP contribution in [0, 0.1) is 13.8 Å². The van der Waals surface area contributed by atoms with Gasteiger partial charge in [0, 0.05) is 40.9 Å². The molecule has 0 atom stereocenters. The Hall–Kier alpha value is -1.42. The largest absolute Gasteiger partial charge is 0.299 e. The standard InChI is InChI=1S/C15H20N2OS/c1-5-13-6-7-14(19-13)8-12(18)9-15-10(2)16-17(4)11(15)3/h6-7H,5,8-9H2,1-4H3. The summed E-state index contributed by atoms with van der Waals surface area (Å²) in [6.45, 7) is 6.12. The quantitative estimate of drug-likeness (QED) is 0.841. The third kappa shape index (κ3) is 3.13. The van der Waals surface area contributed by atoms with E-state index in [1.165, 1.54) is 9.75 Å². The molecule has 0 unspecified atom stereocenters. The van der Waals surface area contributed by atoms with Gasteiger partial charge in [-0.2, -0.15) is 5.10 Å². The zero-order valence-electron chi connectivity index (χ0n) is 12.0. The molecule has 0 bridgehead atoms. The molecule has 19 heavy (non-hydrogen) atoms. The van der Waals surface area contributed by atoms with Gasteiger partial charge in [0.15, 0.2) is 0 Å². The Bertz CT molecular complexity index is 595. The number of nitrogens with zero attached hydrogens (tertiary/aromatic N) is 2. The summed E-state index contributed by atoms with van der Waals surface area (Å²) in [5.41, 5.74) is 3.14. The van der Waals surface area contributed by atoms with E-state index in [4.69, 9.17) is 0 Å². The van der Waals surface area contributed by atoms with Crippen molar-refractivity contribution in [1.82, 2.24) is 9.78 Å². The molecule has 2 aromatic rings. The van der Waals surface area contributed by atoms with Gasteiger partial charge in [0.2, 0.25) is 0 Å². The van der Waals surface area contributed by atoms with E-state index in [0.717, 1.165) is 23.4 Å². The van der Waals surface area contributed by atoms with Crippen LogP contribution in [0.5, 0.6) is 0 Å². The minimum atomic E-state index is 0.267. The highest BCUT2D eigenvalue weighted by Crippen LogP contribution is 2.19. The number of carbonyl (C=O) groups is 1. The SMILES string of the molecule is CCc1ccc(CC(=O)Cc2c(C)nn(C)c2C)s1. The predicted octanol–water partition coefficient (Wildman–Crippen LogP) is 3.02. The van der Waals surface area contributed by atoms with Gasteiger partial charge in [0.05, 0.1) is 5.69 Å². The van der Waals surface area contributed by atoms with Crippen molar-refractivity contribution in [2.24, 2.45) is 7.05 Å². The highest BCUT2D eigenvalue weighted by molar-refractivity contribution is 7.12. The summed E-state index contributed by atoms with van der Waals surface area (Å²) in [6, 6.07) is 4.19. The topological polar surface area (TPSA) is 34.9 Å². The van der Waals surface area contributed by atoms with E-state index in [2.05, 4.69) is 24.2 Å². The normalized spacial score (nSPS) is 10.9. The second-order valence-electron chi connectivity index (χ2n) is 4.89. The Morgan fingerprint density at radius 1 is 1.26 bits per heavy atom. The van der Waals surface area contributed by atoms with Crippen LogP contribution >= 0.6 is 11.3 Å². The second kappa shape index (κ2) is 5.70. The van der Waals surface area contributed by atoms with Gasteiger partial charge in [0.1, 0.15) is 5.78 Å². The highest BCUT2D eigenvalue weighted by Gasteiger charge is 2.14. The summed E-state index contributed by atoms with van der Waals surface area (Å²) in [7, 11) is 1.92. The molecule has 0 saturated heterocycles. The fourth-order valence-corrected chi connectivity index (χ4v) is 3.22. The Morgan fingerprint density at radius 2 is 1.95 bits per heavy atom. The lowest BCUT2D eigenvalue weighted by Crippen LogP contribution is -2.07. The molecule has 0 aliphatic rings. The van der Waals surface area contributed by atoms with E-state index in [1.807, 2.05) is 25.6 Å². The molecule has 0 fully saturated rings.